The summed E-state index contributed by atoms with van der Waals surface area (Å²) in [4.78, 5) is 32.0. The molecule has 4 aromatic rings. The quantitative estimate of drug-likeness (QED) is 0.302. The first-order chi connectivity index (χ1) is 17.2. The van der Waals surface area contributed by atoms with Crippen molar-refractivity contribution in [2.75, 3.05) is 14.2 Å². The van der Waals surface area contributed by atoms with Gasteiger partial charge >= 0.3 is 0 Å². The van der Waals surface area contributed by atoms with Gasteiger partial charge in [-0.2, -0.15) is 0 Å². The van der Waals surface area contributed by atoms with Crippen LogP contribution in [0.3, 0.4) is 0 Å². The van der Waals surface area contributed by atoms with Crippen LogP contribution in [0, 0.1) is 6.92 Å². The largest absolute Gasteiger partial charge is 0.493 e. The number of hydrogen-bond donors (Lipinski definition) is 0. The lowest BCUT2D eigenvalue weighted by molar-refractivity contribution is 0.101. The van der Waals surface area contributed by atoms with Crippen LogP contribution in [0.4, 0.5) is 0 Å². The van der Waals surface area contributed by atoms with Gasteiger partial charge in [-0.3, -0.25) is 19.6 Å². The molecule has 36 heavy (non-hydrogen) atoms. The molecule has 0 radical (unpaired) electrons. The molecule has 0 aliphatic heterocycles. The number of nitrogens with zero attached hydrogens (tertiary/aromatic N) is 2. The van der Waals surface area contributed by atoms with E-state index in [9.17, 15) is 9.59 Å². The Kier molecular flexibility index (Phi) is 8.73. The summed E-state index contributed by atoms with van der Waals surface area (Å²) in [7, 11) is 3.16. The second-order valence-electron chi connectivity index (χ2n) is 8.36. The number of Topliss-reactive ketones (excluding diaryl/α,β-unsaturated/α-hetero) is 1. The van der Waals surface area contributed by atoms with E-state index in [0.29, 0.717) is 34.1 Å². The van der Waals surface area contributed by atoms with Gasteiger partial charge in [0.2, 0.25) is 5.78 Å². The van der Waals surface area contributed by atoms with Crippen molar-refractivity contribution in [2.45, 2.75) is 33.8 Å². The third kappa shape index (κ3) is 6.24. The number of methoxy groups -OCH3 is 2. The monoisotopic (exact) mass is 486 g/mol. The molecule has 7 heteroatoms. The molecule has 4 rings (SSSR count). The molecule has 0 amide bonds. The zero-order chi connectivity index (χ0) is 26.2. The summed E-state index contributed by atoms with van der Waals surface area (Å²) in [6, 6.07) is 14.2. The molecule has 0 unspecified atom stereocenters. The van der Waals surface area contributed by atoms with E-state index in [4.69, 9.17) is 14.2 Å². The number of fused-ring (bicyclic) bond motifs is 1. The van der Waals surface area contributed by atoms with Gasteiger partial charge in [-0.15, -0.1) is 0 Å². The topological polar surface area (TPSA) is 87.6 Å². The number of ether oxygens (including phenoxy) is 3. The molecule has 2 aromatic heterocycles. The summed E-state index contributed by atoms with van der Waals surface area (Å²) < 4.78 is 16.5. The van der Waals surface area contributed by atoms with Gasteiger partial charge in [0, 0.05) is 35.1 Å². The van der Waals surface area contributed by atoms with Crippen molar-refractivity contribution in [3.63, 3.8) is 0 Å². The first-order valence-electron chi connectivity index (χ1n) is 11.5. The Bertz CT molecular complexity index is 1370. The van der Waals surface area contributed by atoms with Crippen LogP contribution in [-0.2, 0) is 0 Å². The minimum Gasteiger partial charge on any atom is -0.493 e. The highest BCUT2D eigenvalue weighted by Crippen LogP contribution is 2.35. The number of ketones is 2. The standard InChI is InChI=1S/C22H23NO4.C7H7NO/c1-13(2)27-16-8-6-7-15(9-16)22(24)21-18-11-20(26-5)19(25-4)10-17(18)14(3)12-23-21;1-6(9)7-2-4-8-5-3-7/h6-13H,1-5H3;2-5H,1H3. The third-order valence-electron chi connectivity index (χ3n) is 5.36. The molecule has 0 saturated carbocycles. The van der Waals surface area contributed by atoms with Crippen LogP contribution in [0.25, 0.3) is 10.8 Å². The normalized spacial score (nSPS) is 10.4. The van der Waals surface area contributed by atoms with E-state index < -0.39 is 0 Å². The zero-order valence-electron chi connectivity index (χ0n) is 21.4. The maximum atomic E-state index is 13.2. The first kappa shape index (κ1) is 26.3. The van der Waals surface area contributed by atoms with Gasteiger partial charge in [0.05, 0.1) is 20.3 Å². The lowest BCUT2D eigenvalue weighted by atomic mass is 9.99. The third-order valence-corrected chi connectivity index (χ3v) is 5.36. The van der Waals surface area contributed by atoms with Crippen LogP contribution < -0.4 is 14.2 Å². The SMILES string of the molecule is CC(=O)c1ccncc1.COc1cc2c(C)cnc(C(=O)c3cccc(OC(C)C)c3)c2cc1OC. The second-order valence-corrected chi connectivity index (χ2v) is 8.36. The van der Waals surface area contributed by atoms with Gasteiger partial charge in [-0.05, 0) is 75.0 Å². The average Bonchev–Trinajstić information content (AvgIpc) is 2.88. The van der Waals surface area contributed by atoms with E-state index in [-0.39, 0.29) is 17.7 Å². The van der Waals surface area contributed by atoms with Gasteiger partial charge in [0.25, 0.3) is 0 Å². The number of pyridine rings is 2. The summed E-state index contributed by atoms with van der Waals surface area (Å²) in [6.07, 6.45) is 4.95. The van der Waals surface area contributed by atoms with Gasteiger partial charge < -0.3 is 14.2 Å². The zero-order valence-corrected chi connectivity index (χ0v) is 21.4. The predicted octanol–water partition coefficient (Wildman–Crippen LogP) is 5.86. The second kappa shape index (κ2) is 11.9. The van der Waals surface area contributed by atoms with E-state index in [0.717, 1.165) is 16.3 Å². The molecule has 0 aliphatic carbocycles. The van der Waals surface area contributed by atoms with Gasteiger partial charge in [0.15, 0.2) is 17.3 Å². The molecule has 0 atom stereocenters. The highest BCUT2D eigenvalue weighted by atomic mass is 16.5. The number of carbonyl (C=O) groups excluding carboxylic acids is 2. The lowest BCUT2D eigenvalue weighted by Gasteiger charge is -2.13. The molecule has 186 valence electrons. The average molecular weight is 487 g/mol. The fourth-order valence-corrected chi connectivity index (χ4v) is 3.59. The Morgan fingerprint density at radius 1 is 0.861 bits per heavy atom. The molecule has 0 N–H and O–H groups in total. The highest BCUT2D eigenvalue weighted by molar-refractivity contribution is 6.15. The molecule has 0 aliphatic rings. The van der Waals surface area contributed by atoms with Crippen molar-refractivity contribution < 1.29 is 23.8 Å². The Morgan fingerprint density at radius 2 is 1.50 bits per heavy atom. The maximum Gasteiger partial charge on any atom is 0.212 e. The summed E-state index contributed by atoms with van der Waals surface area (Å²) in [6.45, 7) is 7.38. The molecule has 0 bridgehead atoms. The minimum atomic E-state index is -0.165. The van der Waals surface area contributed by atoms with Crippen LogP contribution in [0.5, 0.6) is 17.2 Å². The summed E-state index contributed by atoms with van der Waals surface area (Å²) in [5.41, 5.74) is 2.57. The molecule has 2 aromatic carbocycles. The highest BCUT2D eigenvalue weighted by Gasteiger charge is 2.18. The Labute approximate surface area is 211 Å². The van der Waals surface area contributed by atoms with E-state index in [1.165, 1.54) is 6.92 Å². The number of aromatic nitrogens is 2. The first-order valence-corrected chi connectivity index (χ1v) is 11.5. The van der Waals surface area contributed by atoms with E-state index >= 15 is 0 Å². The maximum absolute atomic E-state index is 13.2. The van der Waals surface area contributed by atoms with Crippen molar-refractivity contribution in [1.29, 1.82) is 0 Å². The number of benzene rings is 2. The van der Waals surface area contributed by atoms with Gasteiger partial charge in [0.1, 0.15) is 11.4 Å². The number of carbonyl (C=O) groups is 2. The molecule has 7 nitrogen and oxygen atoms in total. The molecule has 2 heterocycles. The fraction of sp³-hybridized carbons (Fsp3) is 0.241. The van der Waals surface area contributed by atoms with Gasteiger partial charge in [-0.25, -0.2) is 0 Å². The van der Waals surface area contributed by atoms with Crippen LogP contribution >= 0.6 is 0 Å². The molecular weight excluding hydrogens is 456 g/mol. The predicted molar refractivity (Wildman–Crippen MR) is 139 cm³/mol. The Balaban J connectivity index is 0.000000338. The van der Waals surface area contributed by atoms with E-state index in [1.54, 1.807) is 63.1 Å². The van der Waals surface area contributed by atoms with Crippen molar-refractivity contribution in [2.24, 2.45) is 0 Å². The van der Waals surface area contributed by atoms with Crippen molar-refractivity contribution in [1.82, 2.24) is 9.97 Å². The molecule has 0 saturated heterocycles. The van der Waals surface area contributed by atoms with Crippen LogP contribution in [0.1, 0.15) is 52.7 Å². The van der Waals surface area contributed by atoms with Crippen molar-refractivity contribution in [3.05, 3.63) is 89.5 Å². The number of rotatable bonds is 7. The van der Waals surface area contributed by atoms with Crippen molar-refractivity contribution in [3.8, 4) is 17.2 Å². The van der Waals surface area contributed by atoms with E-state index in [2.05, 4.69) is 9.97 Å². The van der Waals surface area contributed by atoms with Crippen LogP contribution in [-0.4, -0.2) is 41.9 Å². The molecule has 0 fully saturated rings. The van der Waals surface area contributed by atoms with Crippen molar-refractivity contribution >= 4 is 22.3 Å². The molecular formula is C29H30N2O5. The summed E-state index contributed by atoms with van der Waals surface area (Å²) in [5, 5.41) is 1.63. The van der Waals surface area contributed by atoms with E-state index in [1.807, 2.05) is 39.0 Å². The van der Waals surface area contributed by atoms with Crippen LogP contribution in [0.2, 0.25) is 0 Å². The fourth-order valence-electron chi connectivity index (χ4n) is 3.59. The Morgan fingerprint density at radius 3 is 2.06 bits per heavy atom. The van der Waals surface area contributed by atoms with Gasteiger partial charge in [-0.1, -0.05) is 12.1 Å². The smallest absolute Gasteiger partial charge is 0.212 e. The molecule has 0 spiro atoms. The lowest BCUT2D eigenvalue weighted by Crippen LogP contribution is -2.08. The summed E-state index contributed by atoms with van der Waals surface area (Å²) in [5.74, 6) is 1.75. The summed E-state index contributed by atoms with van der Waals surface area (Å²) >= 11 is 0. The Hall–Kier alpha value is -4.26. The minimum absolute atomic E-state index is 0.0328. The number of hydrogen-bond acceptors (Lipinski definition) is 7. The van der Waals surface area contributed by atoms with Crippen LogP contribution in [0.15, 0.2) is 67.1 Å². The number of aryl methyl sites for hydroxylation is 1.